The second kappa shape index (κ2) is 6.81. The minimum absolute atomic E-state index is 0.00949. The number of rotatable bonds is 4. The van der Waals surface area contributed by atoms with Crippen molar-refractivity contribution >= 4 is 11.6 Å². The number of pyridine rings is 2. The minimum Gasteiger partial charge on any atom is -0.431 e. The van der Waals surface area contributed by atoms with Crippen LogP contribution in [0.3, 0.4) is 0 Å². The lowest BCUT2D eigenvalue weighted by atomic mass is 10.3. The van der Waals surface area contributed by atoms with Crippen LogP contribution in [0, 0.1) is 11.5 Å². The van der Waals surface area contributed by atoms with E-state index in [1.165, 1.54) is 16.7 Å². The van der Waals surface area contributed by atoms with Crippen LogP contribution in [0.5, 0.6) is 5.75 Å². The first kappa shape index (κ1) is 14.9. The van der Waals surface area contributed by atoms with E-state index < -0.39 is 6.61 Å². The molecule has 0 N–H and O–H groups in total. The summed E-state index contributed by atoms with van der Waals surface area (Å²) < 4.78 is 30.6. The van der Waals surface area contributed by atoms with Crippen molar-refractivity contribution in [2.75, 3.05) is 0 Å². The fourth-order valence-electron chi connectivity index (χ4n) is 1.70. The summed E-state index contributed by atoms with van der Waals surface area (Å²) in [5, 5.41) is 9.05. The first-order chi connectivity index (χ1) is 10.1. The number of nitriles is 1. The maximum atomic E-state index is 12.4. The predicted octanol–water partition coefficient (Wildman–Crippen LogP) is 2.57. The molecule has 0 aliphatic carbocycles. The molecule has 0 amide bonds. The smallest absolute Gasteiger partial charge is 0.387 e. The fourth-order valence-corrected chi connectivity index (χ4v) is 1.81. The van der Waals surface area contributed by atoms with Crippen molar-refractivity contribution in [3.8, 4) is 11.9 Å². The van der Waals surface area contributed by atoms with Crippen molar-refractivity contribution in [1.82, 2.24) is 9.55 Å². The highest BCUT2D eigenvalue weighted by molar-refractivity contribution is 6.29. The molecule has 21 heavy (non-hydrogen) atoms. The standard InChI is InChI=1S/C13H9ClF2N4O/c14-11-4-3-9(6-18-11)7-20-5-1-2-10(21-13(15)16)12(20)19-8-17/h1-6,13H,7H2/b19-12-. The molecule has 0 aliphatic rings. The van der Waals surface area contributed by atoms with E-state index in [2.05, 4.69) is 14.7 Å². The lowest BCUT2D eigenvalue weighted by Gasteiger charge is -2.11. The summed E-state index contributed by atoms with van der Waals surface area (Å²) >= 11 is 5.70. The molecule has 0 fully saturated rings. The molecular weight excluding hydrogens is 302 g/mol. The van der Waals surface area contributed by atoms with Gasteiger partial charge in [0.1, 0.15) is 5.15 Å². The zero-order valence-corrected chi connectivity index (χ0v) is 11.3. The highest BCUT2D eigenvalue weighted by atomic mass is 35.5. The second-order valence-corrected chi connectivity index (χ2v) is 4.29. The summed E-state index contributed by atoms with van der Waals surface area (Å²) in [4.78, 5) is 7.46. The van der Waals surface area contributed by atoms with Gasteiger partial charge >= 0.3 is 6.61 Å². The number of nitrogens with zero attached hydrogens (tertiary/aromatic N) is 4. The van der Waals surface area contributed by atoms with Crippen LogP contribution in [-0.2, 0) is 6.54 Å². The van der Waals surface area contributed by atoms with E-state index in [4.69, 9.17) is 16.9 Å². The normalized spacial score (nSPS) is 11.5. The Morgan fingerprint density at radius 1 is 1.43 bits per heavy atom. The number of halogens is 3. The Labute approximate surface area is 123 Å². The van der Waals surface area contributed by atoms with Gasteiger partial charge in [0, 0.05) is 12.4 Å². The zero-order chi connectivity index (χ0) is 15.2. The van der Waals surface area contributed by atoms with Crippen LogP contribution in [0.15, 0.2) is 41.7 Å². The van der Waals surface area contributed by atoms with E-state index in [0.29, 0.717) is 5.15 Å². The lowest BCUT2D eigenvalue weighted by molar-refractivity contribution is -0.0512. The van der Waals surface area contributed by atoms with Crippen molar-refractivity contribution in [3.05, 3.63) is 52.9 Å². The fraction of sp³-hybridized carbons (Fsp3) is 0.154. The van der Waals surface area contributed by atoms with E-state index in [0.717, 1.165) is 5.56 Å². The largest absolute Gasteiger partial charge is 0.431 e. The lowest BCUT2D eigenvalue weighted by Crippen LogP contribution is -2.24. The second-order valence-electron chi connectivity index (χ2n) is 3.90. The Morgan fingerprint density at radius 3 is 2.86 bits per heavy atom. The molecule has 2 heterocycles. The summed E-state index contributed by atoms with van der Waals surface area (Å²) in [7, 11) is 0. The van der Waals surface area contributed by atoms with Gasteiger partial charge in [0.15, 0.2) is 11.2 Å². The third-order valence-electron chi connectivity index (χ3n) is 2.52. The first-order valence-corrected chi connectivity index (χ1v) is 6.15. The van der Waals surface area contributed by atoms with Crippen molar-refractivity contribution in [2.45, 2.75) is 13.2 Å². The third kappa shape index (κ3) is 4.00. The Kier molecular flexibility index (Phi) is 4.85. The molecule has 5 nitrogen and oxygen atoms in total. The predicted molar refractivity (Wildman–Crippen MR) is 70.6 cm³/mol. The number of ether oxygens (including phenoxy) is 1. The molecule has 8 heteroatoms. The van der Waals surface area contributed by atoms with Gasteiger partial charge in [-0.2, -0.15) is 19.0 Å². The maximum Gasteiger partial charge on any atom is 0.387 e. The topological polar surface area (TPSA) is 63.2 Å². The van der Waals surface area contributed by atoms with Crippen LogP contribution in [0.1, 0.15) is 5.56 Å². The van der Waals surface area contributed by atoms with E-state index in [-0.39, 0.29) is 17.8 Å². The van der Waals surface area contributed by atoms with Crippen molar-refractivity contribution < 1.29 is 13.5 Å². The summed E-state index contributed by atoms with van der Waals surface area (Å²) in [6.45, 7) is -2.71. The minimum atomic E-state index is -2.99. The molecule has 0 bridgehead atoms. The number of hydrogen-bond donors (Lipinski definition) is 0. The van der Waals surface area contributed by atoms with Crippen LogP contribution in [-0.4, -0.2) is 16.2 Å². The highest BCUT2D eigenvalue weighted by Crippen LogP contribution is 2.10. The monoisotopic (exact) mass is 310 g/mol. The van der Waals surface area contributed by atoms with Gasteiger partial charge < -0.3 is 9.30 Å². The van der Waals surface area contributed by atoms with Gasteiger partial charge in [-0.3, -0.25) is 0 Å². The Bertz CT molecular complexity index is 722. The SMILES string of the molecule is N#C/N=c1/c(OC(F)F)cccn1Cc1ccc(Cl)nc1. The van der Waals surface area contributed by atoms with Gasteiger partial charge in [-0.1, -0.05) is 17.7 Å². The van der Waals surface area contributed by atoms with Gasteiger partial charge in [0.05, 0.1) is 6.54 Å². The van der Waals surface area contributed by atoms with E-state index in [1.807, 2.05) is 0 Å². The number of hydrogen-bond acceptors (Lipinski definition) is 4. The highest BCUT2D eigenvalue weighted by Gasteiger charge is 2.09. The van der Waals surface area contributed by atoms with Crippen LogP contribution in [0.2, 0.25) is 5.15 Å². The first-order valence-electron chi connectivity index (χ1n) is 5.77. The molecule has 2 aromatic heterocycles. The quantitative estimate of drug-likeness (QED) is 0.644. The van der Waals surface area contributed by atoms with Crippen LogP contribution in [0.25, 0.3) is 0 Å². The Hall–Kier alpha value is -2.46. The summed E-state index contributed by atoms with van der Waals surface area (Å²) in [6, 6.07) is 6.19. The van der Waals surface area contributed by atoms with Crippen molar-refractivity contribution in [2.24, 2.45) is 4.99 Å². The van der Waals surface area contributed by atoms with Crippen LogP contribution < -0.4 is 10.2 Å². The molecule has 0 aliphatic heterocycles. The molecule has 0 unspecified atom stereocenters. The average Bonchev–Trinajstić information content (AvgIpc) is 2.44. The third-order valence-corrected chi connectivity index (χ3v) is 2.74. The number of alkyl halides is 2. The van der Waals surface area contributed by atoms with Gasteiger partial charge in [0.2, 0.25) is 6.19 Å². The van der Waals surface area contributed by atoms with Crippen molar-refractivity contribution in [1.29, 1.82) is 5.26 Å². The Balaban J connectivity index is 2.41. The molecular formula is C13H9ClF2N4O. The van der Waals surface area contributed by atoms with Gasteiger partial charge in [-0.05, 0) is 23.8 Å². The summed E-state index contributed by atoms with van der Waals surface area (Å²) in [6.07, 6.45) is 4.72. The molecule has 2 rings (SSSR count). The van der Waals surface area contributed by atoms with Crippen molar-refractivity contribution in [3.63, 3.8) is 0 Å². The Morgan fingerprint density at radius 2 is 2.24 bits per heavy atom. The molecule has 0 saturated carbocycles. The van der Waals surface area contributed by atoms with Gasteiger partial charge in [-0.25, -0.2) is 4.98 Å². The maximum absolute atomic E-state index is 12.4. The molecule has 0 spiro atoms. The molecule has 0 radical (unpaired) electrons. The summed E-state index contributed by atoms with van der Waals surface area (Å²) in [5.41, 5.74) is 0.781. The average molecular weight is 311 g/mol. The molecule has 0 atom stereocenters. The van der Waals surface area contributed by atoms with E-state index in [1.54, 1.807) is 30.7 Å². The van der Waals surface area contributed by atoms with E-state index in [9.17, 15) is 8.78 Å². The molecule has 108 valence electrons. The summed E-state index contributed by atoms with van der Waals surface area (Å²) in [5.74, 6) is -0.170. The van der Waals surface area contributed by atoms with Gasteiger partial charge in [0.25, 0.3) is 0 Å². The zero-order valence-electron chi connectivity index (χ0n) is 10.6. The van der Waals surface area contributed by atoms with E-state index >= 15 is 0 Å². The number of aromatic nitrogens is 2. The van der Waals surface area contributed by atoms with Gasteiger partial charge in [-0.15, -0.1) is 0 Å². The van der Waals surface area contributed by atoms with Crippen LogP contribution in [0.4, 0.5) is 8.78 Å². The molecule has 2 aromatic rings. The molecule has 0 aromatic carbocycles. The van der Waals surface area contributed by atoms with Crippen LogP contribution >= 0.6 is 11.6 Å². The molecule has 0 saturated heterocycles.